The maximum atomic E-state index is 2.28. The van der Waals surface area contributed by atoms with Crippen LogP contribution >= 0.6 is 0 Å². The van der Waals surface area contributed by atoms with E-state index >= 15 is 0 Å². The van der Waals surface area contributed by atoms with Crippen LogP contribution < -0.4 is 4.48 Å². The van der Waals surface area contributed by atoms with Crippen molar-refractivity contribution in [2.75, 3.05) is 20.6 Å². The third-order valence-electron chi connectivity index (χ3n) is 4.28. The first-order chi connectivity index (χ1) is 10.2. The Balaban J connectivity index is 1.84. The number of rotatable bonds is 4. The van der Waals surface area contributed by atoms with Gasteiger partial charge in [-0.1, -0.05) is 60.7 Å². The molecule has 0 saturated carbocycles. The Morgan fingerprint density at radius 1 is 0.714 bits per heavy atom. The molecular weight excluding hydrogens is 254 g/mol. The van der Waals surface area contributed by atoms with Crippen molar-refractivity contribution in [2.24, 2.45) is 0 Å². The lowest BCUT2D eigenvalue weighted by Crippen LogP contribution is -2.42. The van der Waals surface area contributed by atoms with Gasteiger partial charge in [-0.05, 0) is 28.5 Å². The Bertz CT molecular complexity index is 724. The van der Waals surface area contributed by atoms with Gasteiger partial charge in [0.2, 0.25) is 0 Å². The van der Waals surface area contributed by atoms with Crippen LogP contribution in [0.3, 0.4) is 0 Å². The number of fused-ring (bicyclic) bond motifs is 1. The molecule has 0 aliphatic heterocycles. The van der Waals surface area contributed by atoms with E-state index < -0.39 is 0 Å². The van der Waals surface area contributed by atoms with E-state index in [2.05, 4.69) is 86.9 Å². The van der Waals surface area contributed by atoms with Gasteiger partial charge < -0.3 is 0 Å². The van der Waals surface area contributed by atoms with Crippen molar-refractivity contribution >= 4 is 16.5 Å². The summed E-state index contributed by atoms with van der Waals surface area (Å²) in [6.45, 7) is 1.10. The fraction of sp³-hybridized carbons (Fsp3) is 0.200. The van der Waals surface area contributed by atoms with Gasteiger partial charge in [-0.25, -0.2) is 0 Å². The first-order valence-corrected chi connectivity index (χ1v) is 7.52. The summed E-state index contributed by atoms with van der Waals surface area (Å²) in [4.78, 5) is 0. The molecule has 0 saturated heterocycles. The van der Waals surface area contributed by atoms with Gasteiger partial charge in [-0.3, -0.25) is 4.48 Å². The largest absolute Gasteiger partial charge is 0.296 e. The Morgan fingerprint density at radius 3 is 2.19 bits per heavy atom. The average molecular weight is 276 g/mol. The second-order valence-corrected chi connectivity index (χ2v) is 6.13. The Labute approximate surface area is 127 Å². The summed E-state index contributed by atoms with van der Waals surface area (Å²) >= 11 is 0. The molecule has 3 aromatic carbocycles. The summed E-state index contributed by atoms with van der Waals surface area (Å²) in [5.74, 6) is 0. The van der Waals surface area contributed by atoms with E-state index in [0.29, 0.717) is 0 Å². The van der Waals surface area contributed by atoms with Crippen LogP contribution in [0.5, 0.6) is 0 Å². The summed E-state index contributed by atoms with van der Waals surface area (Å²) in [6, 6.07) is 26.0. The van der Waals surface area contributed by atoms with Crippen LogP contribution in [0, 0.1) is 0 Å². The molecule has 0 atom stereocenters. The van der Waals surface area contributed by atoms with Crippen molar-refractivity contribution in [1.29, 1.82) is 0 Å². The lowest BCUT2D eigenvalue weighted by molar-refractivity contribution is 0.403. The van der Waals surface area contributed by atoms with Crippen LogP contribution in [0.4, 0.5) is 5.69 Å². The molecule has 1 nitrogen and oxygen atoms in total. The molecule has 0 fully saturated rings. The summed E-state index contributed by atoms with van der Waals surface area (Å²) in [5, 5.41) is 2.72. The second kappa shape index (κ2) is 5.71. The number of nitrogens with zero attached hydrogens (tertiary/aromatic N) is 1. The van der Waals surface area contributed by atoms with Crippen molar-refractivity contribution in [1.82, 2.24) is 4.48 Å². The zero-order chi connectivity index (χ0) is 14.7. The van der Waals surface area contributed by atoms with Crippen molar-refractivity contribution in [3.8, 4) is 0 Å². The summed E-state index contributed by atoms with van der Waals surface area (Å²) in [5.41, 5.74) is 2.80. The Morgan fingerprint density at radius 2 is 1.38 bits per heavy atom. The topological polar surface area (TPSA) is 0 Å². The normalized spacial score (nSPS) is 11.7. The second-order valence-electron chi connectivity index (χ2n) is 6.13. The van der Waals surface area contributed by atoms with Crippen LogP contribution in [0.25, 0.3) is 10.8 Å². The molecule has 3 aromatic rings. The minimum absolute atomic E-state index is 0.907. The molecule has 0 aliphatic rings. The van der Waals surface area contributed by atoms with E-state index in [-0.39, 0.29) is 0 Å². The van der Waals surface area contributed by atoms with Gasteiger partial charge in [0.15, 0.2) is 0 Å². The van der Waals surface area contributed by atoms with Crippen LogP contribution in [0.1, 0.15) is 5.56 Å². The van der Waals surface area contributed by atoms with Crippen molar-refractivity contribution in [3.05, 3.63) is 78.4 Å². The first-order valence-electron chi connectivity index (χ1n) is 7.52. The molecule has 0 aromatic heterocycles. The van der Waals surface area contributed by atoms with Gasteiger partial charge in [-0.15, -0.1) is 0 Å². The highest BCUT2D eigenvalue weighted by atomic mass is 15.3. The van der Waals surface area contributed by atoms with Gasteiger partial charge >= 0.3 is 0 Å². The van der Waals surface area contributed by atoms with Crippen LogP contribution in [0.2, 0.25) is 0 Å². The molecule has 0 amide bonds. The average Bonchev–Trinajstić information content (AvgIpc) is 2.54. The first kappa shape index (κ1) is 13.8. The number of quaternary nitrogens is 1. The molecule has 106 valence electrons. The maximum Gasteiger partial charge on any atom is 0.132 e. The minimum atomic E-state index is 0.907. The van der Waals surface area contributed by atoms with E-state index in [4.69, 9.17) is 0 Å². The minimum Gasteiger partial charge on any atom is -0.296 e. The van der Waals surface area contributed by atoms with E-state index in [0.717, 1.165) is 17.4 Å². The van der Waals surface area contributed by atoms with Crippen molar-refractivity contribution < 1.29 is 0 Å². The van der Waals surface area contributed by atoms with E-state index in [1.807, 2.05) is 0 Å². The third-order valence-corrected chi connectivity index (χ3v) is 4.28. The molecule has 1 heteroatoms. The Kier molecular flexibility index (Phi) is 3.76. The highest BCUT2D eigenvalue weighted by molar-refractivity contribution is 5.85. The molecule has 0 spiro atoms. The molecular formula is C20H22N+. The van der Waals surface area contributed by atoms with Gasteiger partial charge in [0.1, 0.15) is 5.69 Å². The molecule has 0 radical (unpaired) electrons. The molecule has 0 bridgehead atoms. The zero-order valence-electron chi connectivity index (χ0n) is 12.8. The number of likely N-dealkylation sites (N-methyl/N-ethyl adjacent to an activating group) is 1. The lowest BCUT2D eigenvalue weighted by atomic mass is 10.0. The van der Waals surface area contributed by atoms with Crippen molar-refractivity contribution in [3.63, 3.8) is 0 Å². The molecule has 0 heterocycles. The fourth-order valence-electron chi connectivity index (χ4n) is 2.87. The van der Waals surface area contributed by atoms with E-state index in [1.54, 1.807) is 0 Å². The number of hydrogen-bond acceptors (Lipinski definition) is 0. The third kappa shape index (κ3) is 2.98. The highest BCUT2D eigenvalue weighted by Crippen LogP contribution is 2.22. The zero-order valence-corrected chi connectivity index (χ0v) is 12.8. The van der Waals surface area contributed by atoms with Gasteiger partial charge in [0, 0.05) is 6.42 Å². The number of benzene rings is 3. The van der Waals surface area contributed by atoms with Gasteiger partial charge in [0.05, 0.1) is 20.6 Å². The standard InChI is InChI=1S/C20H22N/c1-21(2,19-12-4-3-5-13-19)16-15-18-11-8-10-17-9-6-7-14-20(17)18/h3-14H,15-16H2,1-2H3/q+1. The van der Waals surface area contributed by atoms with E-state index in [9.17, 15) is 0 Å². The molecule has 21 heavy (non-hydrogen) atoms. The predicted octanol–water partition coefficient (Wildman–Crippen LogP) is 4.65. The Hall–Kier alpha value is -2.12. The molecule has 0 unspecified atom stereocenters. The lowest BCUT2D eigenvalue weighted by Gasteiger charge is -2.29. The van der Waals surface area contributed by atoms with Gasteiger partial charge in [0.25, 0.3) is 0 Å². The fourth-order valence-corrected chi connectivity index (χ4v) is 2.87. The molecule has 3 rings (SSSR count). The molecule has 0 N–H and O–H groups in total. The van der Waals surface area contributed by atoms with E-state index in [1.165, 1.54) is 22.0 Å². The smallest absolute Gasteiger partial charge is 0.132 e. The van der Waals surface area contributed by atoms with Crippen LogP contribution in [0.15, 0.2) is 72.8 Å². The SMILES string of the molecule is C[N+](C)(CCc1cccc2ccccc12)c1ccccc1. The van der Waals surface area contributed by atoms with Gasteiger partial charge in [-0.2, -0.15) is 0 Å². The quantitative estimate of drug-likeness (QED) is 0.608. The van der Waals surface area contributed by atoms with Crippen molar-refractivity contribution in [2.45, 2.75) is 6.42 Å². The number of para-hydroxylation sites is 1. The monoisotopic (exact) mass is 276 g/mol. The highest BCUT2D eigenvalue weighted by Gasteiger charge is 2.18. The maximum absolute atomic E-state index is 2.28. The summed E-state index contributed by atoms with van der Waals surface area (Å²) in [6.07, 6.45) is 1.09. The van der Waals surface area contributed by atoms with Crippen LogP contribution in [-0.4, -0.2) is 20.6 Å². The molecule has 0 aliphatic carbocycles. The van der Waals surface area contributed by atoms with Crippen LogP contribution in [-0.2, 0) is 6.42 Å². The predicted molar refractivity (Wildman–Crippen MR) is 92.6 cm³/mol. The summed E-state index contributed by atoms with van der Waals surface area (Å²) < 4.78 is 0.907. The number of hydrogen-bond donors (Lipinski definition) is 0. The summed E-state index contributed by atoms with van der Waals surface area (Å²) in [7, 11) is 4.56.